The van der Waals surface area contributed by atoms with Gasteiger partial charge in [0.1, 0.15) is 16.4 Å². The number of hydrogen-bond donors (Lipinski definition) is 1. The third kappa shape index (κ3) is 2.93. The van der Waals surface area contributed by atoms with Crippen molar-refractivity contribution in [2.75, 3.05) is 0 Å². The highest BCUT2D eigenvalue weighted by Crippen LogP contribution is 2.36. The molecule has 3 rings (SSSR count). The predicted octanol–water partition coefficient (Wildman–Crippen LogP) is 3.26. The molecule has 0 aliphatic heterocycles. The van der Waals surface area contributed by atoms with Crippen LogP contribution in [0.4, 0.5) is 8.78 Å². The van der Waals surface area contributed by atoms with Crippen LogP contribution in [0.3, 0.4) is 0 Å². The Morgan fingerprint density at radius 2 is 1.79 bits per heavy atom. The van der Waals surface area contributed by atoms with E-state index in [0.29, 0.717) is 11.3 Å². The van der Waals surface area contributed by atoms with Crippen LogP contribution in [0.25, 0.3) is 22.4 Å². The van der Waals surface area contributed by atoms with Crippen LogP contribution in [-0.4, -0.2) is 13.6 Å². The van der Waals surface area contributed by atoms with Gasteiger partial charge in [-0.25, -0.2) is 22.3 Å². The highest BCUT2D eigenvalue weighted by atomic mass is 32.2. The van der Waals surface area contributed by atoms with Gasteiger partial charge in [0, 0.05) is 5.56 Å². The van der Waals surface area contributed by atoms with E-state index in [1.165, 1.54) is 6.07 Å². The molecular formula is C16H12F2N2O3S. The summed E-state index contributed by atoms with van der Waals surface area (Å²) in [6, 6.07) is 12.2. The minimum absolute atomic E-state index is 0.0726. The first kappa shape index (κ1) is 16.3. The van der Waals surface area contributed by atoms with Crippen molar-refractivity contribution in [3.8, 4) is 22.4 Å². The van der Waals surface area contributed by atoms with Gasteiger partial charge in [-0.05, 0) is 17.7 Å². The lowest BCUT2D eigenvalue weighted by Crippen LogP contribution is -2.13. The maximum Gasteiger partial charge on any atom is 0.240 e. The monoisotopic (exact) mass is 350 g/mol. The number of rotatable bonds is 4. The molecule has 0 saturated carbocycles. The lowest BCUT2D eigenvalue weighted by atomic mass is 9.99. The standard InChI is InChI=1S/C16H12F2N2O3S/c17-9-13-15(16(20-23-13)10-4-2-1-3-5-10)11-6-7-14(12(18)8-11)24(19,21)22/h1-8H,9H2,(H2,19,21,22). The van der Waals surface area contributed by atoms with E-state index in [2.05, 4.69) is 5.16 Å². The van der Waals surface area contributed by atoms with Crippen LogP contribution in [0, 0.1) is 5.82 Å². The van der Waals surface area contributed by atoms with Gasteiger partial charge in [-0.1, -0.05) is 41.6 Å². The Bertz CT molecular complexity index is 986. The fourth-order valence-corrected chi connectivity index (χ4v) is 2.98. The maximum atomic E-state index is 14.1. The molecule has 0 saturated heterocycles. The van der Waals surface area contributed by atoms with Crippen molar-refractivity contribution < 1.29 is 21.7 Å². The molecule has 124 valence electrons. The molecule has 2 aromatic carbocycles. The van der Waals surface area contributed by atoms with Crippen molar-refractivity contribution in [3.05, 3.63) is 60.1 Å². The fourth-order valence-electron chi connectivity index (χ4n) is 2.39. The molecule has 0 radical (unpaired) electrons. The van der Waals surface area contributed by atoms with Crippen LogP contribution in [0.15, 0.2) is 57.9 Å². The Morgan fingerprint density at radius 1 is 1.08 bits per heavy atom. The van der Waals surface area contributed by atoms with Gasteiger partial charge in [0.15, 0.2) is 12.4 Å². The van der Waals surface area contributed by atoms with Crippen molar-refractivity contribution in [2.24, 2.45) is 5.14 Å². The Hall–Kier alpha value is -2.58. The number of aromatic nitrogens is 1. The van der Waals surface area contributed by atoms with Gasteiger partial charge < -0.3 is 4.52 Å². The predicted molar refractivity (Wildman–Crippen MR) is 83.5 cm³/mol. The summed E-state index contributed by atoms with van der Waals surface area (Å²) in [4.78, 5) is -0.634. The van der Waals surface area contributed by atoms with Gasteiger partial charge in [-0.3, -0.25) is 0 Å². The SMILES string of the molecule is NS(=O)(=O)c1ccc(-c2c(-c3ccccc3)noc2CF)cc1F. The quantitative estimate of drug-likeness (QED) is 0.782. The lowest BCUT2D eigenvalue weighted by Gasteiger charge is -2.06. The van der Waals surface area contributed by atoms with E-state index in [4.69, 9.17) is 9.66 Å². The molecule has 0 aliphatic rings. The summed E-state index contributed by atoms with van der Waals surface area (Å²) in [5.74, 6) is -1.10. The summed E-state index contributed by atoms with van der Waals surface area (Å²) >= 11 is 0. The fraction of sp³-hybridized carbons (Fsp3) is 0.0625. The van der Waals surface area contributed by atoms with Gasteiger partial charge in [0.05, 0.1) is 5.56 Å². The molecule has 3 aromatic rings. The summed E-state index contributed by atoms with van der Waals surface area (Å²) in [6.07, 6.45) is 0. The molecule has 0 fully saturated rings. The zero-order chi connectivity index (χ0) is 17.3. The molecule has 24 heavy (non-hydrogen) atoms. The third-order valence-corrected chi connectivity index (χ3v) is 4.40. The van der Waals surface area contributed by atoms with Crippen LogP contribution in [-0.2, 0) is 16.7 Å². The van der Waals surface area contributed by atoms with Crippen LogP contribution >= 0.6 is 0 Å². The molecule has 0 unspecified atom stereocenters. The maximum absolute atomic E-state index is 14.1. The second-order valence-corrected chi connectivity index (χ2v) is 6.55. The van der Waals surface area contributed by atoms with Gasteiger partial charge in [-0.15, -0.1) is 0 Å². The van der Waals surface area contributed by atoms with Crippen molar-refractivity contribution in [3.63, 3.8) is 0 Å². The van der Waals surface area contributed by atoms with Crippen molar-refractivity contribution in [2.45, 2.75) is 11.6 Å². The summed E-state index contributed by atoms with van der Waals surface area (Å²) < 4.78 is 55.0. The lowest BCUT2D eigenvalue weighted by molar-refractivity contribution is 0.332. The zero-order valence-corrected chi connectivity index (χ0v) is 13.1. The minimum Gasteiger partial charge on any atom is -0.357 e. The summed E-state index contributed by atoms with van der Waals surface area (Å²) in [5, 5.41) is 8.80. The van der Waals surface area contributed by atoms with Crippen molar-refractivity contribution in [1.29, 1.82) is 0 Å². The average molecular weight is 350 g/mol. The van der Waals surface area contributed by atoms with E-state index in [0.717, 1.165) is 12.1 Å². The molecular weight excluding hydrogens is 338 g/mol. The zero-order valence-electron chi connectivity index (χ0n) is 12.2. The minimum atomic E-state index is -4.19. The Morgan fingerprint density at radius 3 is 2.38 bits per heavy atom. The largest absolute Gasteiger partial charge is 0.357 e. The molecule has 5 nitrogen and oxygen atoms in total. The molecule has 1 heterocycles. The smallest absolute Gasteiger partial charge is 0.240 e. The Kier molecular flexibility index (Phi) is 4.16. The topological polar surface area (TPSA) is 86.2 Å². The highest BCUT2D eigenvalue weighted by Gasteiger charge is 2.22. The molecule has 0 spiro atoms. The van der Waals surface area contributed by atoms with Gasteiger partial charge in [-0.2, -0.15) is 0 Å². The second kappa shape index (κ2) is 6.14. The van der Waals surface area contributed by atoms with Gasteiger partial charge in [0.25, 0.3) is 0 Å². The van der Waals surface area contributed by atoms with E-state index in [9.17, 15) is 17.2 Å². The molecule has 0 bridgehead atoms. The first-order valence-electron chi connectivity index (χ1n) is 6.84. The second-order valence-electron chi connectivity index (χ2n) is 5.02. The average Bonchev–Trinajstić information content (AvgIpc) is 2.98. The molecule has 8 heteroatoms. The third-order valence-electron chi connectivity index (χ3n) is 3.46. The van der Waals surface area contributed by atoms with Crippen LogP contribution < -0.4 is 5.14 Å². The van der Waals surface area contributed by atoms with E-state index < -0.39 is 27.4 Å². The van der Waals surface area contributed by atoms with Gasteiger partial charge in [0.2, 0.25) is 10.0 Å². The van der Waals surface area contributed by atoms with E-state index in [1.807, 2.05) is 0 Å². The number of alkyl halides is 1. The van der Waals surface area contributed by atoms with E-state index in [-0.39, 0.29) is 16.9 Å². The summed E-state index contributed by atoms with van der Waals surface area (Å²) in [6.45, 7) is -0.937. The number of hydrogen-bond acceptors (Lipinski definition) is 4. The number of benzene rings is 2. The molecule has 0 atom stereocenters. The first-order chi connectivity index (χ1) is 11.4. The number of nitrogens with two attached hydrogens (primary N) is 1. The Labute approximate surface area is 136 Å². The van der Waals surface area contributed by atoms with E-state index in [1.54, 1.807) is 30.3 Å². The Balaban J connectivity index is 2.20. The normalized spacial score (nSPS) is 11.6. The molecule has 0 aliphatic carbocycles. The number of sulfonamides is 1. The summed E-state index contributed by atoms with van der Waals surface area (Å²) in [7, 11) is -4.19. The van der Waals surface area contributed by atoms with Crippen molar-refractivity contribution in [1.82, 2.24) is 5.16 Å². The van der Waals surface area contributed by atoms with Crippen LogP contribution in [0.5, 0.6) is 0 Å². The van der Waals surface area contributed by atoms with Gasteiger partial charge >= 0.3 is 0 Å². The van der Waals surface area contributed by atoms with Crippen LogP contribution in [0.1, 0.15) is 5.76 Å². The first-order valence-corrected chi connectivity index (χ1v) is 8.39. The molecule has 0 amide bonds. The molecule has 1 aromatic heterocycles. The highest BCUT2D eigenvalue weighted by molar-refractivity contribution is 7.89. The number of halogens is 2. The number of primary sulfonamides is 1. The number of nitrogens with zero attached hydrogens (tertiary/aromatic N) is 1. The molecule has 2 N–H and O–H groups in total. The van der Waals surface area contributed by atoms with E-state index >= 15 is 0 Å². The van der Waals surface area contributed by atoms with Crippen LogP contribution in [0.2, 0.25) is 0 Å². The summed E-state index contributed by atoms with van der Waals surface area (Å²) in [5.41, 5.74) is 1.51. The van der Waals surface area contributed by atoms with Crippen molar-refractivity contribution >= 4 is 10.0 Å².